The zero-order valence-electron chi connectivity index (χ0n) is 21.9. The molecule has 1 aromatic carbocycles. The van der Waals surface area contributed by atoms with Gasteiger partial charge < -0.3 is 10.2 Å². The van der Waals surface area contributed by atoms with Crippen LogP contribution in [0.25, 0.3) is 6.08 Å². The molecule has 6 nitrogen and oxygen atoms in total. The predicted octanol–water partition coefficient (Wildman–Crippen LogP) is 5.39. The van der Waals surface area contributed by atoms with Crippen LogP contribution in [0, 0.1) is 17.0 Å². The van der Waals surface area contributed by atoms with Crippen LogP contribution in [0.1, 0.15) is 61.7 Å². The molecular weight excluding hydrogens is 486 g/mol. The van der Waals surface area contributed by atoms with Crippen molar-refractivity contribution in [2.45, 2.75) is 52.0 Å². The number of pyridine rings is 2. The number of hydrogen-bond acceptors (Lipinski definition) is 4. The van der Waals surface area contributed by atoms with Gasteiger partial charge in [0.1, 0.15) is 17.5 Å². The van der Waals surface area contributed by atoms with Crippen LogP contribution in [0.2, 0.25) is 0 Å². The molecule has 1 aliphatic heterocycles. The summed E-state index contributed by atoms with van der Waals surface area (Å²) in [5.41, 5.74) is 2.67. The molecule has 0 saturated carbocycles. The van der Waals surface area contributed by atoms with Gasteiger partial charge in [0, 0.05) is 48.1 Å². The highest BCUT2D eigenvalue weighted by atomic mass is 19.1. The number of nitrogens with one attached hydrogen (secondary N) is 1. The monoisotopic (exact) mass is 516 g/mol. The Morgan fingerprint density at radius 2 is 1.89 bits per heavy atom. The van der Waals surface area contributed by atoms with Crippen LogP contribution < -0.4 is 5.32 Å². The molecule has 0 saturated heterocycles. The summed E-state index contributed by atoms with van der Waals surface area (Å²) in [4.78, 5) is 36.8. The minimum absolute atomic E-state index is 0.0552. The first-order chi connectivity index (χ1) is 18.0. The second-order valence-electron chi connectivity index (χ2n) is 11.2. The SMILES string of the molecule is C[C@H](c1cc(F)cc(F)c1)N(C/C=C/c1cnc2c(c1)C[C@@]1(C2)C(=O)Nc2ncccc21)C(=O)C(C)(C)C. The summed E-state index contributed by atoms with van der Waals surface area (Å²) in [6.07, 6.45) is 8.22. The lowest BCUT2D eigenvalue weighted by atomic mass is 9.80. The number of carbonyl (C=O) groups is 2. The minimum Gasteiger partial charge on any atom is -0.332 e. The lowest BCUT2D eigenvalue weighted by molar-refractivity contribution is -0.141. The Kier molecular flexibility index (Phi) is 6.37. The van der Waals surface area contributed by atoms with E-state index >= 15 is 0 Å². The number of nitrogens with zero attached hydrogens (tertiary/aromatic N) is 3. The number of aromatic nitrogens is 2. The molecule has 3 aromatic rings. The quantitative estimate of drug-likeness (QED) is 0.493. The summed E-state index contributed by atoms with van der Waals surface area (Å²) in [5, 5.41) is 2.90. The zero-order valence-corrected chi connectivity index (χ0v) is 21.9. The van der Waals surface area contributed by atoms with Gasteiger partial charge in [0.05, 0.1) is 11.5 Å². The summed E-state index contributed by atoms with van der Waals surface area (Å²) in [5.74, 6) is -0.932. The van der Waals surface area contributed by atoms with Crippen molar-refractivity contribution in [3.05, 3.63) is 94.5 Å². The maximum Gasteiger partial charge on any atom is 0.237 e. The van der Waals surface area contributed by atoms with Crippen molar-refractivity contribution >= 4 is 23.7 Å². The van der Waals surface area contributed by atoms with Crippen molar-refractivity contribution in [3.63, 3.8) is 0 Å². The van der Waals surface area contributed by atoms with Gasteiger partial charge in [-0.2, -0.15) is 0 Å². The highest BCUT2D eigenvalue weighted by molar-refractivity contribution is 6.06. The average molecular weight is 517 g/mol. The standard InChI is InChI=1S/C30H30F2N4O2/c1-18(20-12-22(31)14-23(32)13-20)36(28(38)29(2,3)4)10-6-7-19-11-21-15-30(16-25(21)34-17-19)24-8-5-9-33-26(24)35-27(30)37/h5-9,11-14,17-18H,10,15-16H2,1-4H3,(H,33,35,37)/b7-6+/t18-,30+/m1/s1. The molecule has 1 N–H and O–H groups in total. The normalized spacial score (nSPS) is 18.9. The minimum atomic E-state index is -0.688. The fourth-order valence-electron chi connectivity index (χ4n) is 5.37. The number of rotatable bonds is 5. The van der Waals surface area contributed by atoms with Gasteiger partial charge in [0.2, 0.25) is 11.8 Å². The van der Waals surface area contributed by atoms with E-state index in [1.165, 1.54) is 12.1 Å². The van der Waals surface area contributed by atoms with Crippen molar-refractivity contribution in [2.75, 3.05) is 11.9 Å². The Bertz CT molecular complexity index is 1440. The van der Waals surface area contributed by atoms with Crippen LogP contribution in [-0.2, 0) is 27.8 Å². The highest BCUT2D eigenvalue weighted by Crippen LogP contribution is 2.46. The van der Waals surface area contributed by atoms with Crippen molar-refractivity contribution in [2.24, 2.45) is 5.41 Å². The second kappa shape index (κ2) is 9.42. The van der Waals surface area contributed by atoms with E-state index in [2.05, 4.69) is 15.3 Å². The van der Waals surface area contributed by atoms with Gasteiger partial charge in [-0.1, -0.05) is 39.0 Å². The van der Waals surface area contributed by atoms with Gasteiger partial charge >= 0.3 is 0 Å². The first-order valence-corrected chi connectivity index (χ1v) is 12.7. The molecule has 2 atom stereocenters. The molecule has 0 fully saturated rings. The van der Waals surface area contributed by atoms with E-state index in [-0.39, 0.29) is 18.4 Å². The molecule has 38 heavy (non-hydrogen) atoms. The Balaban J connectivity index is 1.37. The van der Waals surface area contributed by atoms with Gasteiger partial charge in [-0.3, -0.25) is 14.6 Å². The van der Waals surface area contributed by atoms with Gasteiger partial charge in [-0.25, -0.2) is 13.8 Å². The maximum absolute atomic E-state index is 13.9. The maximum atomic E-state index is 13.9. The number of benzene rings is 1. The molecule has 8 heteroatoms. The van der Waals surface area contributed by atoms with Crippen LogP contribution in [-0.4, -0.2) is 33.2 Å². The van der Waals surface area contributed by atoms with Gasteiger partial charge in [-0.15, -0.1) is 0 Å². The fourth-order valence-corrected chi connectivity index (χ4v) is 5.37. The fraction of sp³-hybridized carbons (Fsp3) is 0.333. The third-order valence-corrected chi connectivity index (χ3v) is 7.38. The first-order valence-electron chi connectivity index (χ1n) is 12.7. The number of halogens is 2. The predicted molar refractivity (Wildman–Crippen MR) is 141 cm³/mol. The number of anilines is 1. The Labute approximate surface area is 220 Å². The summed E-state index contributed by atoms with van der Waals surface area (Å²) in [7, 11) is 0. The Hall–Kier alpha value is -3.94. The van der Waals surface area contributed by atoms with Gasteiger partial charge in [0.15, 0.2) is 0 Å². The number of fused-ring (bicyclic) bond motifs is 3. The van der Waals surface area contributed by atoms with Crippen molar-refractivity contribution in [1.29, 1.82) is 0 Å². The first kappa shape index (κ1) is 25.7. The molecule has 5 rings (SSSR count). The van der Waals surface area contributed by atoms with Crippen LogP contribution in [0.3, 0.4) is 0 Å². The molecule has 0 bridgehead atoms. The molecule has 2 aromatic heterocycles. The van der Waals surface area contributed by atoms with Gasteiger partial charge in [0.25, 0.3) is 0 Å². The Morgan fingerprint density at radius 3 is 2.61 bits per heavy atom. The van der Waals surface area contributed by atoms with E-state index in [1.807, 2.05) is 51.1 Å². The summed E-state index contributed by atoms with van der Waals surface area (Å²) >= 11 is 0. The van der Waals surface area contributed by atoms with Crippen LogP contribution in [0.15, 0.2) is 54.9 Å². The molecule has 0 radical (unpaired) electrons. The molecule has 3 heterocycles. The summed E-state index contributed by atoms with van der Waals surface area (Å²) in [6.45, 7) is 7.47. The third kappa shape index (κ3) is 4.59. The van der Waals surface area contributed by atoms with E-state index in [9.17, 15) is 18.4 Å². The second-order valence-corrected chi connectivity index (χ2v) is 11.2. The van der Waals surface area contributed by atoms with Crippen LogP contribution in [0.4, 0.5) is 14.6 Å². The van der Waals surface area contributed by atoms with E-state index in [1.54, 1.807) is 24.2 Å². The average Bonchev–Trinajstić information content (AvgIpc) is 3.37. The number of amides is 2. The molecule has 196 valence electrons. The van der Waals surface area contributed by atoms with E-state index in [0.717, 1.165) is 28.5 Å². The van der Waals surface area contributed by atoms with Crippen LogP contribution >= 0.6 is 0 Å². The van der Waals surface area contributed by atoms with Gasteiger partial charge in [-0.05, 0) is 54.3 Å². The zero-order chi connectivity index (χ0) is 27.2. The summed E-state index contributed by atoms with van der Waals surface area (Å²) < 4.78 is 27.8. The smallest absolute Gasteiger partial charge is 0.237 e. The topological polar surface area (TPSA) is 75.2 Å². The lowest BCUT2D eigenvalue weighted by Gasteiger charge is -2.34. The molecule has 2 amide bonds. The van der Waals surface area contributed by atoms with E-state index in [0.29, 0.717) is 24.2 Å². The lowest BCUT2D eigenvalue weighted by Crippen LogP contribution is -2.41. The molecular formula is C30H30F2N4O2. The van der Waals surface area contributed by atoms with E-state index < -0.39 is 28.5 Å². The van der Waals surface area contributed by atoms with Crippen molar-refractivity contribution < 1.29 is 18.4 Å². The van der Waals surface area contributed by atoms with E-state index in [4.69, 9.17) is 0 Å². The largest absolute Gasteiger partial charge is 0.332 e. The highest BCUT2D eigenvalue weighted by Gasteiger charge is 2.51. The molecule has 1 spiro atoms. The molecule has 2 aliphatic rings. The number of carbonyl (C=O) groups excluding carboxylic acids is 2. The van der Waals surface area contributed by atoms with Crippen molar-refractivity contribution in [3.8, 4) is 0 Å². The summed E-state index contributed by atoms with van der Waals surface area (Å²) in [6, 6.07) is 8.61. The molecule has 0 unspecified atom stereocenters. The Morgan fingerprint density at radius 1 is 1.16 bits per heavy atom. The third-order valence-electron chi connectivity index (χ3n) is 7.38. The van der Waals surface area contributed by atoms with Crippen LogP contribution in [0.5, 0.6) is 0 Å². The number of hydrogen-bond donors (Lipinski definition) is 1. The van der Waals surface area contributed by atoms with Crippen molar-refractivity contribution in [1.82, 2.24) is 14.9 Å². The molecule has 1 aliphatic carbocycles.